The number of carbonyl (C=O) groups excluding carboxylic acids is 2. The number of methoxy groups -OCH3 is 3. The number of benzene rings is 3. The molecule has 3 aromatic rings. The van der Waals surface area contributed by atoms with E-state index in [4.69, 9.17) is 30.5 Å². The molecule has 8 heteroatoms. The van der Waals surface area contributed by atoms with Crippen LogP contribution in [0.4, 0.5) is 0 Å². The van der Waals surface area contributed by atoms with E-state index in [1.807, 2.05) is 0 Å². The van der Waals surface area contributed by atoms with E-state index in [-0.39, 0.29) is 24.8 Å². The summed E-state index contributed by atoms with van der Waals surface area (Å²) in [6, 6.07) is 16.8. The minimum Gasteiger partial charge on any atom is -0.493 e. The van der Waals surface area contributed by atoms with Crippen LogP contribution >= 0.6 is 11.6 Å². The van der Waals surface area contributed by atoms with Gasteiger partial charge < -0.3 is 24.3 Å². The van der Waals surface area contributed by atoms with E-state index in [9.17, 15) is 9.59 Å². The van der Waals surface area contributed by atoms with Gasteiger partial charge in [-0.2, -0.15) is 0 Å². The zero-order valence-electron chi connectivity index (χ0n) is 18.5. The Kier molecular flexibility index (Phi) is 8.16. The van der Waals surface area contributed by atoms with Gasteiger partial charge in [-0.25, -0.2) is 0 Å². The minimum atomic E-state index is -0.301. The zero-order chi connectivity index (χ0) is 23.8. The molecule has 0 heterocycles. The molecule has 3 rings (SSSR count). The van der Waals surface area contributed by atoms with Gasteiger partial charge in [-0.15, -0.1) is 0 Å². The number of halogens is 1. The Morgan fingerprint density at radius 1 is 0.818 bits per heavy atom. The van der Waals surface area contributed by atoms with E-state index in [1.54, 1.807) is 60.7 Å². The fourth-order valence-electron chi connectivity index (χ4n) is 3.11. The summed E-state index contributed by atoms with van der Waals surface area (Å²) in [5.41, 5.74) is 1.83. The molecule has 1 amide bonds. The second-order valence-corrected chi connectivity index (χ2v) is 7.40. The van der Waals surface area contributed by atoms with Crippen molar-refractivity contribution in [3.63, 3.8) is 0 Å². The topological polar surface area (TPSA) is 83.1 Å². The molecule has 0 aliphatic rings. The van der Waals surface area contributed by atoms with Crippen molar-refractivity contribution in [3.8, 4) is 23.0 Å². The van der Waals surface area contributed by atoms with Crippen LogP contribution in [-0.4, -0.2) is 39.6 Å². The second-order valence-electron chi connectivity index (χ2n) is 6.96. The number of hydrogen-bond donors (Lipinski definition) is 1. The van der Waals surface area contributed by atoms with Crippen LogP contribution in [0.15, 0.2) is 60.7 Å². The molecule has 0 bridgehead atoms. The highest BCUT2D eigenvalue weighted by atomic mass is 35.5. The van der Waals surface area contributed by atoms with Gasteiger partial charge in [0.05, 0.1) is 21.3 Å². The molecule has 33 heavy (non-hydrogen) atoms. The van der Waals surface area contributed by atoms with Crippen LogP contribution in [-0.2, 0) is 11.3 Å². The Hall–Kier alpha value is -3.71. The first-order valence-electron chi connectivity index (χ1n) is 10.0. The average molecular weight is 470 g/mol. The van der Waals surface area contributed by atoms with Gasteiger partial charge in [0.1, 0.15) is 5.75 Å². The van der Waals surface area contributed by atoms with Crippen LogP contribution in [0.2, 0.25) is 5.02 Å². The standard InChI is InChI=1S/C25H24ClNO6/c1-30-21-12-16(13-22(31-2)25(21)32-3)14-27-23(28)15-33-20-10-6-18(7-11-20)24(29)17-4-8-19(26)9-5-17/h4-13H,14-15H2,1-3H3,(H,27,28). The Balaban J connectivity index is 1.54. The van der Waals surface area contributed by atoms with Crippen molar-refractivity contribution in [2.24, 2.45) is 0 Å². The van der Waals surface area contributed by atoms with Crippen LogP contribution in [0.25, 0.3) is 0 Å². The lowest BCUT2D eigenvalue weighted by atomic mass is 10.0. The fourth-order valence-corrected chi connectivity index (χ4v) is 3.23. The van der Waals surface area contributed by atoms with Crippen molar-refractivity contribution in [2.75, 3.05) is 27.9 Å². The molecule has 0 spiro atoms. The van der Waals surface area contributed by atoms with E-state index in [0.717, 1.165) is 5.56 Å². The number of amides is 1. The molecule has 0 aromatic heterocycles. The molecule has 7 nitrogen and oxygen atoms in total. The zero-order valence-corrected chi connectivity index (χ0v) is 19.3. The molecule has 0 saturated carbocycles. The monoisotopic (exact) mass is 469 g/mol. The van der Waals surface area contributed by atoms with Gasteiger partial charge in [0.25, 0.3) is 5.91 Å². The number of carbonyl (C=O) groups is 2. The average Bonchev–Trinajstić information content (AvgIpc) is 2.85. The number of ketones is 1. The predicted octanol–water partition coefficient (Wildman–Crippen LogP) is 4.29. The van der Waals surface area contributed by atoms with Crippen molar-refractivity contribution >= 4 is 23.3 Å². The molecule has 0 radical (unpaired) electrons. The molecular weight excluding hydrogens is 446 g/mol. The van der Waals surface area contributed by atoms with Gasteiger partial charge in [0.2, 0.25) is 5.75 Å². The van der Waals surface area contributed by atoms with E-state index >= 15 is 0 Å². The summed E-state index contributed by atoms with van der Waals surface area (Å²) in [5.74, 6) is 1.55. The van der Waals surface area contributed by atoms with Crippen LogP contribution < -0.4 is 24.3 Å². The Morgan fingerprint density at radius 2 is 1.36 bits per heavy atom. The van der Waals surface area contributed by atoms with E-state index in [1.165, 1.54) is 21.3 Å². The summed E-state index contributed by atoms with van der Waals surface area (Å²) >= 11 is 5.86. The maximum Gasteiger partial charge on any atom is 0.258 e. The third kappa shape index (κ3) is 6.17. The Labute approximate surface area is 197 Å². The largest absolute Gasteiger partial charge is 0.493 e. The van der Waals surface area contributed by atoms with Gasteiger partial charge in [-0.3, -0.25) is 9.59 Å². The lowest BCUT2D eigenvalue weighted by Gasteiger charge is -2.14. The number of rotatable bonds is 10. The third-order valence-corrected chi connectivity index (χ3v) is 5.06. The summed E-state index contributed by atoms with van der Waals surface area (Å²) in [6.07, 6.45) is 0. The molecule has 172 valence electrons. The fraction of sp³-hybridized carbons (Fsp3) is 0.200. The quantitative estimate of drug-likeness (QED) is 0.446. The molecular formula is C25H24ClNO6. The minimum absolute atomic E-state index is 0.124. The lowest BCUT2D eigenvalue weighted by Crippen LogP contribution is -2.28. The summed E-state index contributed by atoms with van der Waals surface area (Å²) in [6.45, 7) is 0.0857. The van der Waals surface area contributed by atoms with Gasteiger partial charge >= 0.3 is 0 Å². The highest BCUT2D eigenvalue weighted by Crippen LogP contribution is 2.38. The Morgan fingerprint density at radius 3 is 1.88 bits per heavy atom. The molecule has 0 unspecified atom stereocenters. The van der Waals surface area contributed by atoms with E-state index in [0.29, 0.717) is 39.1 Å². The number of ether oxygens (including phenoxy) is 4. The van der Waals surface area contributed by atoms with Crippen LogP contribution in [0, 0.1) is 0 Å². The smallest absolute Gasteiger partial charge is 0.258 e. The molecule has 1 N–H and O–H groups in total. The van der Waals surface area contributed by atoms with Crippen LogP contribution in [0.1, 0.15) is 21.5 Å². The maximum absolute atomic E-state index is 12.5. The van der Waals surface area contributed by atoms with E-state index in [2.05, 4.69) is 5.32 Å². The first-order valence-corrected chi connectivity index (χ1v) is 10.4. The van der Waals surface area contributed by atoms with E-state index < -0.39 is 0 Å². The third-order valence-electron chi connectivity index (χ3n) is 4.81. The SMILES string of the molecule is COc1cc(CNC(=O)COc2ccc(C(=O)c3ccc(Cl)cc3)cc2)cc(OC)c1OC. The van der Waals surface area contributed by atoms with Crippen molar-refractivity contribution in [2.45, 2.75) is 6.54 Å². The molecule has 3 aromatic carbocycles. The molecule has 0 saturated heterocycles. The molecule has 0 fully saturated rings. The highest BCUT2D eigenvalue weighted by Gasteiger charge is 2.14. The molecule has 0 aliphatic carbocycles. The number of nitrogens with one attached hydrogen (secondary N) is 1. The van der Waals surface area contributed by atoms with Crippen LogP contribution in [0.5, 0.6) is 23.0 Å². The molecule has 0 atom stereocenters. The first kappa shape index (κ1) is 23.9. The van der Waals surface area contributed by atoms with Gasteiger partial charge in [0.15, 0.2) is 23.9 Å². The van der Waals surface area contributed by atoms with Crippen molar-refractivity contribution in [1.29, 1.82) is 0 Å². The van der Waals surface area contributed by atoms with Gasteiger partial charge in [-0.1, -0.05) is 11.6 Å². The van der Waals surface area contributed by atoms with Gasteiger partial charge in [-0.05, 0) is 66.2 Å². The highest BCUT2D eigenvalue weighted by molar-refractivity contribution is 6.30. The maximum atomic E-state index is 12.5. The lowest BCUT2D eigenvalue weighted by molar-refractivity contribution is -0.123. The summed E-state index contributed by atoms with van der Waals surface area (Å²) in [5, 5.41) is 3.35. The normalized spacial score (nSPS) is 10.3. The summed E-state index contributed by atoms with van der Waals surface area (Å²) in [7, 11) is 4.59. The van der Waals surface area contributed by atoms with Crippen molar-refractivity contribution in [3.05, 3.63) is 82.4 Å². The Bertz CT molecular complexity index is 1090. The van der Waals surface area contributed by atoms with Crippen molar-refractivity contribution in [1.82, 2.24) is 5.32 Å². The number of hydrogen-bond acceptors (Lipinski definition) is 6. The van der Waals surface area contributed by atoms with Crippen molar-refractivity contribution < 1.29 is 28.5 Å². The predicted molar refractivity (Wildman–Crippen MR) is 125 cm³/mol. The van der Waals surface area contributed by atoms with Gasteiger partial charge in [0, 0.05) is 22.7 Å². The first-order chi connectivity index (χ1) is 15.9. The molecule has 0 aliphatic heterocycles. The summed E-state index contributed by atoms with van der Waals surface area (Å²) < 4.78 is 21.5. The van der Waals surface area contributed by atoms with Crippen LogP contribution in [0.3, 0.4) is 0 Å². The summed E-state index contributed by atoms with van der Waals surface area (Å²) in [4.78, 5) is 24.7. The second kappa shape index (κ2) is 11.2.